The zero-order chi connectivity index (χ0) is 22.3. The van der Waals surface area contributed by atoms with Crippen LogP contribution < -0.4 is 14.2 Å². The lowest BCUT2D eigenvalue weighted by Crippen LogP contribution is -2.42. The van der Waals surface area contributed by atoms with E-state index in [4.69, 9.17) is 14.2 Å². The van der Waals surface area contributed by atoms with Crippen molar-refractivity contribution < 1.29 is 27.7 Å². The minimum Gasteiger partial charge on any atom is -0.497 e. The fourth-order valence-corrected chi connectivity index (χ4v) is 5.45. The van der Waals surface area contributed by atoms with Crippen LogP contribution >= 0.6 is 0 Å². The maximum absolute atomic E-state index is 12.0. The van der Waals surface area contributed by atoms with Gasteiger partial charge in [0.2, 0.25) is 0 Å². The van der Waals surface area contributed by atoms with E-state index < -0.39 is 15.9 Å². The topological polar surface area (TPSA) is 85.3 Å². The summed E-state index contributed by atoms with van der Waals surface area (Å²) in [4.78, 5) is 2.04. The van der Waals surface area contributed by atoms with Crippen LogP contribution in [0.3, 0.4) is 0 Å². The number of sulfone groups is 1. The average molecular weight is 450 g/mol. The van der Waals surface area contributed by atoms with Crippen molar-refractivity contribution in [1.82, 2.24) is 4.90 Å². The van der Waals surface area contributed by atoms with Crippen molar-refractivity contribution in [1.29, 1.82) is 0 Å². The molecule has 31 heavy (non-hydrogen) atoms. The summed E-state index contributed by atoms with van der Waals surface area (Å²) < 4.78 is 40.4. The van der Waals surface area contributed by atoms with E-state index in [0.717, 1.165) is 17.1 Å². The molecule has 2 aromatic rings. The van der Waals surface area contributed by atoms with E-state index in [1.165, 1.54) is 0 Å². The number of aliphatic hydroxyl groups excluding tert-OH is 1. The standard InChI is InChI=1S/C23H31NO6S/c1-3-29-22-6-4-18(5-7-22)14-24(19-12-13-31(26,27)17-19)15-20(25)16-30-23-10-8-21(28-2)9-11-23/h4-11,19-20,25H,3,12-17H2,1-2H3. The van der Waals surface area contributed by atoms with E-state index in [1.54, 1.807) is 31.4 Å². The zero-order valence-electron chi connectivity index (χ0n) is 18.1. The number of ether oxygens (including phenoxy) is 3. The van der Waals surface area contributed by atoms with Gasteiger partial charge in [-0.25, -0.2) is 8.42 Å². The van der Waals surface area contributed by atoms with Crippen LogP contribution in [-0.4, -0.2) is 68.9 Å². The Morgan fingerprint density at radius 3 is 2.23 bits per heavy atom. The summed E-state index contributed by atoms with van der Waals surface area (Å²) >= 11 is 0. The first-order chi connectivity index (χ1) is 14.9. The van der Waals surface area contributed by atoms with Gasteiger partial charge in [-0.3, -0.25) is 4.90 Å². The number of nitrogens with zero attached hydrogens (tertiary/aromatic N) is 1. The van der Waals surface area contributed by atoms with Gasteiger partial charge >= 0.3 is 0 Å². The van der Waals surface area contributed by atoms with Gasteiger partial charge in [-0.05, 0) is 55.3 Å². The van der Waals surface area contributed by atoms with Crippen LogP contribution in [0, 0.1) is 0 Å². The second-order valence-corrected chi connectivity index (χ2v) is 9.93. The Labute approximate surface area is 184 Å². The molecule has 0 aromatic heterocycles. The highest BCUT2D eigenvalue weighted by molar-refractivity contribution is 7.91. The Hall–Kier alpha value is -2.29. The van der Waals surface area contributed by atoms with Crippen LogP contribution in [0.5, 0.6) is 17.2 Å². The van der Waals surface area contributed by atoms with Crippen molar-refractivity contribution in [2.24, 2.45) is 0 Å². The van der Waals surface area contributed by atoms with Crippen molar-refractivity contribution in [3.05, 3.63) is 54.1 Å². The lowest BCUT2D eigenvalue weighted by atomic mass is 10.1. The highest BCUT2D eigenvalue weighted by atomic mass is 32.2. The minimum atomic E-state index is -3.03. The van der Waals surface area contributed by atoms with Gasteiger partial charge < -0.3 is 19.3 Å². The molecule has 1 fully saturated rings. The van der Waals surface area contributed by atoms with E-state index in [0.29, 0.717) is 31.9 Å². The molecular weight excluding hydrogens is 418 g/mol. The van der Waals surface area contributed by atoms with Crippen LogP contribution in [0.1, 0.15) is 18.9 Å². The van der Waals surface area contributed by atoms with Crippen LogP contribution in [0.25, 0.3) is 0 Å². The molecule has 2 aromatic carbocycles. The molecule has 8 heteroatoms. The largest absolute Gasteiger partial charge is 0.497 e. The summed E-state index contributed by atoms with van der Waals surface area (Å²) in [5.74, 6) is 2.49. The number of benzene rings is 2. The summed E-state index contributed by atoms with van der Waals surface area (Å²) in [5, 5.41) is 10.6. The molecule has 0 saturated carbocycles. The van der Waals surface area contributed by atoms with Crippen molar-refractivity contribution in [2.75, 3.05) is 38.4 Å². The van der Waals surface area contributed by atoms with Crippen molar-refractivity contribution in [3.63, 3.8) is 0 Å². The fourth-order valence-electron chi connectivity index (χ4n) is 3.69. The summed E-state index contributed by atoms with van der Waals surface area (Å²) in [6.07, 6.45) is -0.182. The van der Waals surface area contributed by atoms with Crippen LogP contribution in [-0.2, 0) is 16.4 Å². The molecule has 1 aliphatic rings. The van der Waals surface area contributed by atoms with Crippen LogP contribution in [0.2, 0.25) is 0 Å². The molecule has 0 amide bonds. The minimum absolute atomic E-state index is 0.117. The molecule has 1 saturated heterocycles. The smallest absolute Gasteiger partial charge is 0.151 e. The van der Waals surface area contributed by atoms with E-state index in [1.807, 2.05) is 36.1 Å². The normalized spacial score (nSPS) is 18.6. The Morgan fingerprint density at radius 1 is 1.03 bits per heavy atom. The van der Waals surface area contributed by atoms with Crippen molar-refractivity contribution in [3.8, 4) is 17.2 Å². The fraction of sp³-hybridized carbons (Fsp3) is 0.478. The first-order valence-corrected chi connectivity index (χ1v) is 12.3. The molecule has 1 aliphatic heterocycles. The van der Waals surface area contributed by atoms with Crippen LogP contribution in [0.4, 0.5) is 0 Å². The quantitative estimate of drug-likeness (QED) is 0.564. The third-order valence-electron chi connectivity index (χ3n) is 5.29. The highest BCUT2D eigenvalue weighted by Crippen LogP contribution is 2.22. The molecule has 1 N–H and O–H groups in total. The van der Waals surface area contributed by atoms with E-state index >= 15 is 0 Å². The van der Waals surface area contributed by atoms with Gasteiger partial charge in [0.15, 0.2) is 9.84 Å². The number of hydrogen-bond acceptors (Lipinski definition) is 7. The third-order valence-corrected chi connectivity index (χ3v) is 7.04. The number of rotatable bonds is 11. The highest BCUT2D eigenvalue weighted by Gasteiger charge is 2.33. The molecule has 1 heterocycles. The van der Waals surface area contributed by atoms with Gasteiger partial charge in [0, 0.05) is 19.1 Å². The molecule has 3 rings (SSSR count). The summed E-state index contributed by atoms with van der Waals surface area (Å²) in [6.45, 7) is 3.53. The number of aliphatic hydroxyl groups is 1. The van der Waals surface area contributed by atoms with Gasteiger partial charge in [0.05, 0.1) is 25.2 Å². The molecular formula is C23H31NO6S. The van der Waals surface area contributed by atoms with Crippen LogP contribution in [0.15, 0.2) is 48.5 Å². The maximum Gasteiger partial charge on any atom is 0.151 e. The van der Waals surface area contributed by atoms with Gasteiger partial charge in [-0.15, -0.1) is 0 Å². The van der Waals surface area contributed by atoms with Gasteiger partial charge in [-0.1, -0.05) is 12.1 Å². The predicted octanol–water partition coefficient (Wildman–Crippen LogP) is 2.52. The first kappa shape index (κ1) is 23.4. The van der Waals surface area contributed by atoms with Gasteiger partial charge in [0.1, 0.15) is 30.0 Å². The molecule has 0 radical (unpaired) electrons. The third kappa shape index (κ3) is 7.12. The molecule has 2 atom stereocenters. The molecule has 0 bridgehead atoms. The van der Waals surface area contributed by atoms with E-state index in [2.05, 4.69) is 0 Å². The van der Waals surface area contributed by atoms with E-state index in [-0.39, 0.29) is 24.2 Å². The Kier molecular flexibility index (Phi) is 8.17. The first-order valence-electron chi connectivity index (χ1n) is 10.5. The molecule has 0 spiro atoms. The predicted molar refractivity (Wildman–Crippen MR) is 120 cm³/mol. The Morgan fingerprint density at radius 2 is 1.65 bits per heavy atom. The summed E-state index contributed by atoms with van der Waals surface area (Å²) in [6, 6.07) is 14.8. The average Bonchev–Trinajstić information content (AvgIpc) is 3.13. The molecule has 0 aliphatic carbocycles. The summed E-state index contributed by atoms with van der Waals surface area (Å²) in [5.41, 5.74) is 1.04. The Bertz CT molecular complexity index is 914. The second-order valence-electron chi connectivity index (χ2n) is 7.70. The number of hydrogen-bond donors (Lipinski definition) is 1. The van der Waals surface area contributed by atoms with E-state index in [9.17, 15) is 13.5 Å². The van der Waals surface area contributed by atoms with Gasteiger partial charge in [0.25, 0.3) is 0 Å². The SMILES string of the molecule is CCOc1ccc(CN(CC(O)COc2ccc(OC)cc2)C2CCS(=O)(=O)C2)cc1. The molecule has 170 valence electrons. The molecule has 7 nitrogen and oxygen atoms in total. The lowest BCUT2D eigenvalue weighted by molar-refractivity contribution is 0.0524. The Balaban J connectivity index is 1.62. The maximum atomic E-state index is 12.0. The van der Waals surface area contributed by atoms with Gasteiger partial charge in [-0.2, -0.15) is 0 Å². The monoisotopic (exact) mass is 449 g/mol. The lowest BCUT2D eigenvalue weighted by Gasteiger charge is -2.30. The zero-order valence-corrected chi connectivity index (χ0v) is 18.9. The summed E-state index contributed by atoms with van der Waals surface area (Å²) in [7, 11) is -1.43. The molecule has 2 unspecified atom stereocenters. The number of methoxy groups -OCH3 is 1. The second kappa shape index (κ2) is 10.8. The van der Waals surface area contributed by atoms with Crippen molar-refractivity contribution in [2.45, 2.75) is 32.0 Å². The van der Waals surface area contributed by atoms with Crippen molar-refractivity contribution >= 4 is 9.84 Å².